The highest BCUT2D eigenvalue weighted by molar-refractivity contribution is 7.89. The van der Waals surface area contributed by atoms with Crippen molar-refractivity contribution in [1.82, 2.24) is 0 Å². The molecule has 27 heavy (non-hydrogen) atoms. The Morgan fingerprint density at radius 1 is 0.963 bits per heavy atom. The standard InChI is InChI=1S/C18H20F3N3O2S/c1-13-3-2-4-14(11-13)23-7-9-24(10-8-23)17-6-5-15(27(22,25)26)12-16(17)18(19,20)21/h2-6,11-12H,7-10H2,1H3,(H2,22,25,26). The van der Waals surface area contributed by atoms with Gasteiger partial charge in [-0.1, -0.05) is 12.1 Å². The lowest BCUT2D eigenvalue weighted by Crippen LogP contribution is -2.47. The highest BCUT2D eigenvalue weighted by Gasteiger charge is 2.36. The van der Waals surface area contributed by atoms with Crippen LogP contribution in [0.5, 0.6) is 0 Å². The molecule has 0 saturated carbocycles. The van der Waals surface area contributed by atoms with E-state index < -0.39 is 26.7 Å². The number of anilines is 2. The van der Waals surface area contributed by atoms with E-state index in [1.54, 1.807) is 4.90 Å². The monoisotopic (exact) mass is 399 g/mol. The summed E-state index contributed by atoms with van der Waals surface area (Å²) in [6.07, 6.45) is -4.68. The number of hydrogen-bond donors (Lipinski definition) is 1. The molecule has 0 unspecified atom stereocenters. The minimum Gasteiger partial charge on any atom is -0.368 e. The number of nitrogens with zero attached hydrogens (tertiary/aromatic N) is 2. The van der Waals surface area contributed by atoms with Gasteiger partial charge in [-0.2, -0.15) is 13.2 Å². The van der Waals surface area contributed by atoms with Gasteiger partial charge in [0.05, 0.1) is 10.5 Å². The topological polar surface area (TPSA) is 66.6 Å². The molecule has 1 aliphatic rings. The van der Waals surface area contributed by atoms with Crippen LogP contribution in [0.1, 0.15) is 11.1 Å². The predicted molar refractivity (Wildman–Crippen MR) is 98.4 cm³/mol. The lowest BCUT2D eigenvalue weighted by molar-refractivity contribution is -0.137. The van der Waals surface area contributed by atoms with Crippen molar-refractivity contribution < 1.29 is 21.6 Å². The molecule has 0 bridgehead atoms. The van der Waals surface area contributed by atoms with Gasteiger partial charge < -0.3 is 9.80 Å². The minimum atomic E-state index is -4.68. The molecule has 3 rings (SSSR count). The summed E-state index contributed by atoms with van der Waals surface area (Å²) < 4.78 is 63.3. The van der Waals surface area contributed by atoms with E-state index in [4.69, 9.17) is 5.14 Å². The highest BCUT2D eigenvalue weighted by Crippen LogP contribution is 2.38. The molecule has 9 heteroatoms. The van der Waals surface area contributed by atoms with Crippen molar-refractivity contribution in [2.24, 2.45) is 5.14 Å². The molecule has 1 saturated heterocycles. The number of alkyl halides is 3. The minimum absolute atomic E-state index is 0.0289. The van der Waals surface area contributed by atoms with Crippen LogP contribution < -0.4 is 14.9 Å². The third-order valence-electron chi connectivity index (χ3n) is 4.59. The van der Waals surface area contributed by atoms with Crippen LogP contribution in [-0.2, 0) is 16.2 Å². The SMILES string of the molecule is Cc1cccc(N2CCN(c3ccc(S(N)(=O)=O)cc3C(F)(F)F)CC2)c1. The lowest BCUT2D eigenvalue weighted by Gasteiger charge is -2.38. The van der Waals surface area contributed by atoms with E-state index in [0.29, 0.717) is 32.2 Å². The number of benzene rings is 2. The highest BCUT2D eigenvalue weighted by atomic mass is 32.2. The van der Waals surface area contributed by atoms with Gasteiger partial charge in [-0.3, -0.25) is 0 Å². The maximum atomic E-state index is 13.5. The quantitative estimate of drug-likeness (QED) is 0.862. The summed E-state index contributed by atoms with van der Waals surface area (Å²) in [4.78, 5) is 3.20. The van der Waals surface area contributed by atoms with Gasteiger partial charge in [0, 0.05) is 37.6 Å². The first-order valence-corrected chi connectivity index (χ1v) is 9.91. The molecule has 146 valence electrons. The van der Waals surface area contributed by atoms with Crippen LogP contribution in [0.4, 0.5) is 24.5 Å². The summed E-state index contributed by atoms with van der Waals surface area (Å²) in [6.45, 7) is 3.91. The van der Waals surface area contributed by atoms with Crippen LogP contribution >= 0.6 is 0 Å². The summed E-state index contributed by atoms with van der Waals surface area (Å²) in [5.74, 6) is 0. The zero-order chi connectivity index (χ0) is 19.8. The zero-order valence-corrected chi connectivity index (χ0v) is 15.5. The number of sulfonamides is 1. The zero-order valence-electron chi connectivity index (χ0n) is 14.7. The average Bonchev–Trinajstić information content (AvgIpc) is 2.60. The Bertz CT molecular complexity index is 937. The maximum Gasteiger partial charge on any atom is 0.418 e. The number of aryl methyl sites for hydroxylation is 1. The predicted octanol–water partition coefficient (Wildman–Crippen LogP) is 2.99. The van der Waals surface area contributed by atoms with E-state index in [1.165, 1.54) is 6.07 Å². The molecule has 1 fully saturated rings. The molecule has 0 aromatic heterocycles. The van der Waals surface area contributed by atoms with Gasteiger partial charge >= 0.3 is 6.18 Å². The average molecular weight is 399 g/mol. The van der Waals surface area contributed by atoms with Crippen molar-refractivity contribution >= 4 is 21.4 Å². The van der Waals surface area contributed by atoms with Gasteiger partial charge in [0.25, 0.3) is 0 Å². The van der Waals surface area contributed by atoms with Crippen molar-refractivity contribution in [3.05, 3.63) is 53.6 Å². The molecule has 0 radical (unpaired) electrons. The lowest BCUT2D eigenvalue weighted by atomic mass is 10.1. The van der Waals surface area contributed by atoms with Crippen LogP contribution in [0.3, 0.4) is 0 Å². The van der Waals surface area contributed by atoms with E-state index in [-0.39, 0.29) is 5.69 Å². The van der Waals surface area contributed by atoms with Crippen molar-refractivity contribution in [2.75, 3.05) is 36.0 Å². The first kappa shape index (κ1) is 19.5. The molecule has 2 N–H and O–H groups in total. The second kappa shape index (κ2) is 7.05. The molecule has 2 aromatic rings. The van der Waals surface area contributed by atoms with Crippen molar-refractivity contribution in [3.8, 4) is 0 Å². The number of primary sulfonamides is 1. The Morgan fingerprint density at radius 3 is 2.15 bits per heavy atom. The van der Waals surface area contributed by atoms with Gasteiger partial charge in [-0.05, 0) is 42.8 Å². The van der Waals surface area contributed by atoms with Crippen LogP contribution in [-0.4, -0.2) is 34.6 Å². The summed E-state index contributed by atoms with van der Waals surface area (Å²) in [6, 6.07) is 10.9. The fourth-order valence-corrected chi connectivity index (χ4v) is 3.76. The first-order valence-electron chi connectivity index (χ1n) is 8.36. The van der Waals surface area contributed by atoms with Crippen LogP contribution in [0.25, 0.3) is 0 Å². The van der Waals surface area contributed by atoms with Crippen molar-refractivity contribution in [2.45, 2.75) is 18.0 Å². The van der Waals surface area contributed by atoms with E-state index in [1.807, 2.05) is 31.2 Å². The molecule has 1 aliphatic heterocycles. The van der Waals surface area contributed by atoms with Crippen molar-refractivity contribution in [3.63, 3.8) is 0 Å². The molecule has 0 aliphatic carbocycles. The Balaban J connectivity index is 1.85. The third kappa shape index (κ3) is 4.36. The number of hydrogen-bond acceptors (Lipinski definition) is 4. The molecule has 1 heterocycles. The van der Waals surface area contributed by atoms with Crippen LogP contribution in [0.2, 0.25) is 0 Å². The van der Waals surface area contributed by atoms with Gasteiger partial charge in [0.15, 0.2) is 0 Å². The van der Waals surface area contributed by atoms with Crippen LogP contribution in [0, 0.1) is 6.92 Å². The summed E-state index contributed by atoms with van der Waals surface area (Å²) in [7, 11) is -4.21. The smallest absolute Gasteiger partial charge is 0.368 e. The Hall–Kier alpha value is -2.26. The Labute approximate surface area is 156 Å². The fourth-order valence-electron chi connectivity index (χ4n) is 3.23. The van der Waals surface area contributed by atoms with Gasteiger partial charge in [0.2, 0.25) is 10.0 Å². The summed E-state index contributed by atoms with van der Waals surface area (Å²) >= 11 is 0. The Morgan fingerprint density at radius 2 is 1.59 bits per heavy atom. The molecule has 5 nitrogen and oxygen atoms in total. The molecular formula is C18H20F3N3O2S. The molecule has 0 amide bonds. The number of nitrogens with two attached hydrogens (primary N) is 1. The first-order chi connectivity index (χ1) is 12.6. The van der Waals surface area contributed by atoms with E-state index in [2.05, 4.69) is 4.90 Å². The van der Waals surface area contributed by atoms with Gasteiger partial charge in [0.1, 0.15) is 0 Å². The van der Waals surface area contributed by atoms with E-state index >= 15 is 0 Å². The van der Waals surface area contributed by atoms with Gasteiger partial charge in [-0.15, -0.1) is 0 Å². The van der Waals surface area contributed by atoms with Gasteiger partial charge in [-0.25, -0.2) is 13.6 Å². The maximum absolute atomic E-state index is 13.5. The fraction of sp³-hybridized carbons (Fsp3) is 0.333. The largest absolute Gasteiger partial charge is 0.418 e. The Kier molecular flexibility index (Phi) is 5.09. The van der Waals surface area contributed by atoms with E-state index in [0.717, 1.165) is 17.3 Å². The second-order valence-electron chi connectivity index (χ2n) is 6.53. The van der Waals surface area contributed by atoms with Crippen molar-refractivity contribution in [1.29, 1.82) is 0 Å². The normalized spacial score (nSPS) is 15.9. The molecule has 0 spiro atoms. The summed E-state index contributed by atoms with van der Waals surface area (Å²) in [5.41, 5.74) is 1.14. The second-order valence-corrected chi connectivity index (χ2v) is 8.10. The molecular weight excluding hydrogens is 379 g/mol. The van der Waals surface area contributed by atoms with E-state index in [9.17, 15) is 21.6 Å². The summed E-state index contributed by atoms with van der Waals surface area (Å²) in [5, 5.41) is 4.98. The molecule has 2 aromatic carbocycles. The number of rotatable bonds is 3. The third-order valence-corrected chi connectivity index (χ3v) is 5.50. The number of piperazine rings is 1. The van der Waals surface area contributed by atoms with Crippen LogP contribution in [0.15, 0.2) is 47.4 Å². The number of halogens is 3. The molecule has 0 atom stereocenters.